The molecule has 0 radical (unpaired) electrons. The molecule has 0 aromatic heterocycles. The van der Waals surface area contributed by atoms with Gasteiger partial charge in [0.1, 0.15) is 5.82 Å². The number of alkyl halides is 1. The zero-order chi connectivity index (χ0) is 12.3. The molecule has 1 aromatic rings. The van der Waals surface area contributed by atoms with E-state index in [1.54, 1.807) is 6.07 Å². The van der Waals surface area contributed by atoms with Crippen LogP contribution in [0.5, 0.6) is 0 Å². The van der Waals surface area contributed by atoms with Crippen molar-refractivity contribution in [1.82, 2.24) is 0 Å². The van der Waals surface area contributed by atoms with Gasteiger partial charge in [0.2, 0.25) is 0 Å². The minimum absolute atomic E-state index is 0.0549. The van der Waals surface area contributed by atoms with Gasteiger partial charge in [-0.05, 0) is 48.9 Å². The minimum atomic E-state index is -0.246. The molecule has 16 heavy (non-hydrogen) atoms. The Kier molecular flexibility index (Phi) is 5.07. The van der Waals surface area contributed by atoms with E-state index in [2.05, 4.69) is 13.8 Å². The van der Waals surface area contributed by atoms with E-state index in [1.165, 1.54) is 12.1 Å². The van der Waals surface area contributed by atoms with Crippen molar-refractivity contribution in [3.05, 3.63) is 34.6 Å². The quantitative estimate of drug-likeness (QED) is 0.676. The molecule has 2 atom stereocenters. The molecule has 0 fully saturated rings. The standard InChI is InChI=1S/C13H17Cl2F/c1-8(2)12(9(3)14)7-10-6-11(16)4-5-13(10)15/h4-6,8-9,12H,7H2,1-3H3. The summed E-state index contributed by atoms with van der Waals surface area (Å²) in [6, 6.07) is 4.47. The van der Waals surface area contributed by atoms with Crippen molar-refractivity contribution in [1.29, 1.82) is 0 Å². The summed E-state index contributed by atoms with van der Waals surface area (Å²) in [7, 11) is 0. The molecule has 0 N–H and O–H groups in total. The van der Waals surface area contributed by atoms with E-state index in [1.807, 2.05) is 6.92 Å². The summed E-state index contributed by atoms with van der Waals surface area (Å²) < 4.78 is 13.1. The minimum Gasteiger partial charge on any atom is -0.207 e. The van der Waals surface area contributed by atoms with Crippen LogP contribution in [0, 0.1) is 17.7 Å². The highest BCUT2D eigenvalue weighted by Gasteiger charge is 2.20. The summed E-state index contributed by atoms with van der Waals surface area (Å²) in [5.74, 6) is 0.511. The molecule has 0 aliphatic rings. The normalized spacial score (nSPS) is 15.2. The summed E-state index contributed by atoms with van der Waals surface area (Å²) in [5.41, 5.74) is 0.841. The van der Waals surface area contributed by atoms with E-state index in [0.717, 1.165) is 12.0 Å². The van der Waals surface area contributed by atoms with Crippen molar-refractivity contribution >= 4 is 23.2 Å². The highest BCUT2D eigenvalue weighted by Crippen LogP contribution is 2.28. The molecule has 0 spiro atoms. The lowest BCUT2D eigenvalue weighted by Crippen LogP contribution is -2.20. The summed E-state index contributed by atoms with van der Waals surface area (Å²) in [5, 5.41) is 0.670. The average molecular weight is 263 g/mol. The lowest BCUT2D eigenvalue weighted by atomic mass is 9.87. The maximum Gasteiger partial charge on any atom is 0.123 e. The predicted molar refractivity (Wildman–Crippen MR) is 68.8 cm³/mol. The Morgan fingerprint density at radius 1 is 1.25 bits per heavy atom. The molecule has 90 valence electrons. The SMILES string of the molecule is CC(C)C(Cc1cc(F)ccc1Cl)C(C)Cl. The summed E-state index contributed by atoms with van der Waals surface area (Å²) in [4.78, 5) is 0. The molecule has 0 aliphatic heterocycles. The molecule has 0 aliphatic carbocycles. The van der Waals surface area contributed by atoms with E-state index >= 15 is 0 Å². The van der Waals surface area contributed by atoms with Crippen LogP contribution in [0.2, 0.25) is 5.02 Å². The van der Waals surface area contributed by atoms with Crippen molar-refractivity contribution < 1.29 is 4.39 Å². The van der Waals surface area contributed by atoms with Gasteiger partial charge in [-0.15, -0.1) is 11.6 Å². The van der Waals surface area contributed by atoms with Crippen LogP contribution in [0.15, 0.2) is 18.2 Å². The summed E-state index contributed by atoms with van der Waals surface area (Å²) >= 11 is 12.2. The van der Waals surface area contributed by atoms with Gasteiger partial charge in [-0.3, -0.25) is 0 Å². The zero-order valence-electron chi connectivity index (χ0n) is 9.81. The Morgan fingerprint density at radius 2 is 1.88 bits per heavy atom. The van der Waals surface area contributed by atoms with Gasteiger partial charge in [-0.1, -0.05) is 25.4 Å². The second kappa shape index (κ2) is 5.88. The Labute approximate surface area is 107 Å². The first kappa shape index (κ1) is 13.8. The molecule has 0 nitrogen and oxygen atoms in total. The second-order valence-electron chi connectivity index (χ2n) is 4.53. The number of rotatable bonds is 4. The Balaban J connectivity index is 2.89. The van der Waals surface area contributed by atoms with E-state index in [9.17, 15) is 4.39 Å². The van der Waals surface area contributed by atoms with Crippen LogP contribution >= 0.6 is 23.2 Å². The van der Waals surface area contributed by atoms with E-state index in [4.69, 9.17) is 23.2 Å². The number of hydrogen-bond donors (Lipinski definition) is 0. The van der Waals surface area contributed by atoms with E-state index in [-0.39, 0.29) is 11.2 Å². The Bertz CT molecular complexity index is 340. The van der Waals surface area contributed by atoms with Crippen LogP contribution in [-0.4, -0.2) is 5.38 Å². The zero-order valence-corrected chi connectivity index (χ0v) is 11.3. The van der Waals surface area contributed by atoms with Gasteiger partial charge in [0, 0.05) is 10.4 Å². The van der Waals surface area contributed by atoms with Gasteiger partial charge in [0.15, 0.2) is 0 Å². The molecular formula is C13H17Cl2F. The van der Waals surface area contributed by atoms with Crippen molar-refractivity contribution in [3.8, 4) is 0 Å². The van der Waals surface area contributed by atoms with Gasteiger partial charge >= 0.3 is 0 Å². The van der Waals surface area contributed by atoms with E-state index < -0.39 is 0 Å². The van der Waals surface area contributed by atoms with Crippen LogP contribution in [0.3, 0.4) is 0 Å². The highest BCUT2D eigenvalue weighted by molar-refractivity contribution is 6.31. The number of halogens is 3. The van der Waals surface area contributed by atoms with Crippen LogP contribution in [-0.2, 0) is 6.42 Å². The number of hydrogen-bond acceptors (Lipinski definition) is 0. The van der Waals surface area contributed by atoms with Crippen molar-refractivity contribution in [2.24, 2.45) is 11.8 Å². The fourth-order valence-corrected chi connectivity index (χ4v) is 2.46. The number of benzene rings is 1. The summed E-state index contributed by atoms with van der Waals surface area (Å²) in [6.45, 7) is 6.22. The van der Waals surface area contributed by atoms with Crippen LogP contribution in [0.4, 0.5) is 4.39 Å². The van der Waals surface area contributed by atoms with Crippen molar-refractivity contribution in [2.45, 2.75) is 32.6 Å². The van der Waals surface area contributed by atoms with Crippen molar-refractivity contribution in [2.75, 3.05) is 0 Å². The molecule has 3 heteroatoms. The van der Waals surface area contributed by atoms with Crippen LogP contribution in [0.25, 0.3) is 0 Å². The monoisotopic (exact) mass is 262 g/mol. The largest absolute Gasteiger partial charge is 0.207 e. The Hall–Kier alpha value is -0.270. The first-order chi connectivity index (χ1) is 7.41. The lowest BCUT2D eigenvalue weighted by molar-refractivity contribution is 0.376. The highest BCUT2D eigenvalue weighted by atomic mass is 35.5. The first-order valence-electron chi connectivity index (χ1n) is 5.49. The van der Waals surface area contributed by atoms with Crippen LogP contribution < -0.4 is 0 Å². The van der Waals surface area contributed by atoms with Gasteiger partial charge < -0.3 is 0 Å². The third-order valence-electron chi connectivity index (χ3n) is 2.91. The van der Waals surface area contributed by atoms with Gasteiger partial charge in [-0.2, -0.15) is 0 Å². The molecule has 1 aromatic carbocycles. The van der Waals surface area contributed by atoms with Gasteiger partial charge in [0.05, 0.1) is 0 Å². The summed E-state index contributed by atoms with van der Waals surface area (Å²) in [6.07, 6.45) is 0.721. The maximum atomic E-state index is 13.1. The lowest BCUT2D eigenvalue weighted by Gasteiger charge is -2.23. The molecular weight excluding hydrogens is 246 g/mol. The molecule has 0 heterocycles. The smallest absolute Gasteiger partial charge is 0.123 e. The average Bonchev–Trinajstić information content (AvgIpc) is 2.18. The van der Waals surface area contributed by atoms with E-state index in [0.29, 0.717) is 16.9 Å². The molecule has 1 rings (SSSR count). The molecule has 0 bridgehead atoms. The molecule has 0 amide bonds. The third kappa shape index (κ3) is 3.64. The molecule has 0 saturated heterocycles. The maximum absolute atomic E-state index is 13.1. The second-order valence-corrected chi connectivity index (χ2v) is 5.62. The van der Waals surface area contributed by atoms with Crippen molar-refractivity contribution in [3.63, 3.8) is 0 Å². The third-order valence-corrected chi connectivity index (χ3v) is 3.60. The van der Waals surface area contributed by atoms with Gasteiger partial charge in [-0.25, -0.2) is 4.39 Å². The molecule has 2 unspecified atom stereocenters. The van der Waals surface area contributed by atoms with Crippen LogP contribution in [0.1, 0.15) is 26.3 Å². The first-order valence-corrected chi connectivity index (χ1v) is 6.31. The molecule has 0 saturated carbocycles. The topological polar surface area (TPSA) is 0 Å². The fraction of sp³-hybridized carbons (Fsp3) is 0.538. The fourth-order valence-electron chi connectivity index (χ4n) is 1.88. The van der Waals surface area contributed by atoms with Gasteiger partial charge in [0.25, 0.3) is 0 Å². The Morgan fingerprint density at radius 3 is 2.38 bits per heavy atom. The predicted octanol–water partition coefficient (Wildman–Crippen LogP) is 4.92.